The molecule has 9 heteroatoms. The van der Waals surface area contributed by atoms with Gasteiger partial charge in [0.15, 0.2) is 0 Å². The van der Waals surface area contributed by atoms with Crippen LogP contribution in [0.2, 0.25) is 0 Å². The highest BCUT2D eigenvalue weighted by Gasteiger charge is 2.48. The average molecular weight is 532 g/mol. The number of benzene rings is 2. The minimum Gasteiger partial charge on any atom is -0.489 e. The number of amides is 3. The fraction of sp³-hybridized carbons (Fsp3) is 0.333. The van der Waals surface area contributed by atoms with Crippen molar-refractivity contribution < 1.29 is 28.9 Å². The average Bonchev–Trinajstić information content (AvgIpc) is 2.93. The van der Waals surface area contributed by atoms with E-state index in [0.29, 0.717) is 43.7 Å². The third kappa shape index (κ3) is 6.32. The summed E-state index contributed by atoms with van der Waals surface area (Å²) in [6.07, 6.45) is 3.46. The first-order valence-electron chi connectivity index (χ1n) is 13.1. The number of hydroxylamine groups is 1. The summed E-state index contributed by atoms with van der Waals surface area (Å²) >= 11 is 0. The summed E-state index contributed by atoms with van der Waals surface area (Å²) in [4.78, 5) is 42.5. The van der Waals surface area contributed by atoms with Gasteiger partial charge < -0.3 is 4.74 Å². The second kappa shape index (κ2) is 12.2. The van der Waals surface area contributed by atoms with Gasteiger partial charge in [0.2, 0.25) is 5.91 Å². The van der Waals surface area contributed by atoms with Crippen LogP contribution in [0.5, 0.6) is 5.75 Å². The first kappa shape index (κ1) is 27.9. The molecule has 3 amide bonds. The predicted molar refractivity (Wildman–Crippen MR) is 146 cm³/mol. The largest absolute Gasteiger partial charge is 0.489 e. The van der Waals surface area contributed by atoms with E-state index in [9.17, 15) is 14.4 Å². The van der Waals surface area contributed by atoms with E-state index < -0.39 is 5.91 Å². The van der Waals surface area contributed by atoms with Crippen molar-refractivity contribution in [3.8, 4) is 5.75 Å². The number of carbonyl (C=O) groups is 3. The second-order valence-corrected chi connectivity index (χ2v) is 10.1. The minimum absolute atomic E-state index is 0.0117. The number of nitrogens with zero attached hydrogens (tertiary/aromatic N) is 2. The Balaban J connectivity index is 1.46. The van der Waals surface area contributed by atoms with E-state index in [1.807, 2.05) is 37.3 Å². The number of fused-ring (bicyclic) bond motifs is 1. The topological polar surface area (TPSA) is 118 Å². The van der Waals surface area contributed by atoms with Crippen LogP contribution >= 0.6 is 0 Å². The Labute approximate surface area is 228 Å². The highest BCUT2D eigenvalue weighted by Crippen LogP contribution is 2.33. The Morgan fingerprint density at radius 3 is 2.62 bits per heavy atom. The van der Waals surface area contributed by atoms with Gasteiger partial charge in [0.1, 0.15) is 24.9 Å². The molecule has 39 heavy (non-hydrogen) atoms. The Morgan fingerprint density at radius 1 is 1.18 bits per heavy atom. The molecule has 0 bridgehead atoms. The van der Waals surface area contributed by atoms with Crippen molar-refractivity contribution in [3.63, 3.8) is 0 Å². The molecule has 3 N–H and O–H groups in total. The van der Waals surface area contributed by atoms with Gasteiger partial charge in [-0.05, 0) is 49.2 Å². The summed E-state index contributed by atoms with van der Waals surface area (Å²) in [5.74, 6) is -0.401. The fourth-order valence-corrected chi connectivity index (χ4v) is 5.48. The molecule has 1 aliphatic rings. The quantitative estimate of drug-likeness (QED) is 0.172. The molecular formula is C30H35N4O5+. The summed E-state index contributed by atoms with van der Waals surface area (Å²) in [6.45, 7) is 7.95. The van der Waals surface area contributed by atoms with Crippen LogP contribution in [-0.2, 0) is 16.2 Å². The molecular weight excluding hydrogens is 496 g/mol. The van der Waals surface area contributed by atoms with E-state index >= 15 is 0 Å². The molecule has 3 atom stereocenters. The minimum atomic E-state index is -0.459. The zero-order chi connectivity index (χ0) is 28.0. The van der Waals surface area contributed by atoms with Gasteiger partial charge in [-0.25, -0.2) is 10.3 Å². The van der Waals surface area contributed by atoms with E-state index in [2.05, 4.69) is 17.0 Å². The van der Waals surface area contributed by atoms with Crippen molar-refractivity contribution in [2.24, 2.45) is 5.92 Å². The van der Waals surface area contributed by atoms with Crippen LogP contribution in [0, 0.1) is 12.8 Å². The number of aryl methyl sites for hydroxylation is 1. The smallest absolute Gasteiger partial charge is 0.335 e. The summed E-state index contributed by atoms with van der Waals surface area (Å²) in [6, 6.07) is 16.5. The number of piperidine rings is 1. The molecule has 4 rings (SSSR count). The Kier molecular flexibility index (Phi) is 8.73. The van der Waals surface area contributed by atoms with E-state index in [0.717, 1.165) is 22.2 Å². The lowest BCUT2D eigenvalue weighted by molar-refractivity contribution is -0.918. The summed E-state index contributed by atoms with van der Waals surface area (Å²) in [7, 11) is 0. The Hall–Kier alpha value is -4.08. The van der Waals surface area contributed by atoms with Crippen LogP contribution in [0.4, 0.5) is 0 Å². The van der Waals surface area contributed by atoms with Crippen LogP contribution in [0.3, 0.4) is 0 Å². The third-order valence-electron chi connectivity index (χ3n) is 7.46. The SMILES string of the molecule is C=CCC1CC(CC(=O)NO)CC[N+]1(NC(=O)c1ccc(OCc2cc(C)nc3ccccc23)cc1)C(C)=O. The predicted octanol–water partition coefficient (Wildman–Crippen LogP) is 4.38. The Morgan fingerprint density at radius 2 is 1.92 bits per heavy atom. The number of hydrogen-bond acceptors (Lipinski definition) is 6. The summed E-state index contributed by atoms with van der Waals surface area (Å²) in [5, 5.41) is 9.93. The van der Waals surface area contributed by atoms with Gasteiger partial charge in [0.05, 0.1) is 12.4 Å². The lowest BCUT2D eigenvalue weighted by Gasteiger charge is -2.45. The van der Waals surface area contributed by atoms with Crippen LogP contribution in [0.15, 0.2) is 67.3 Å². The monoisotopic (exact) mass is 531 g/mol. The molecule has 3 unspecified atom stereocenters. The molecule has 1 saturated heterocycles. The molecule has 0 aliphatic carbocycles. The highest BCUT2D eigenvalue weighted by molar-refractivity contribution is 5.94. The number of nitrogens with one attached hydrogen (secondary N) is 2. The molecule has 204 valence electrons. The van der Waals surface area contributed by atoms with Crippen LogP contribution in [0.25, 0.3) is 10.9 Å². The fourth-order valence-electron chi connectivity index (χ4n) is 5.48. The number of aromatic nitrogens is 1. The maximum atomic E-state index is 13.3. The van der Waals surface area contributed by atoms with Crippen molar-refractivity contribution in [1.82, 2.24) is 15.9 Å². The van der Waals surface area contributed by atoms with Crippen LogP contribution in [-0.4, -0.2) is 45.1 Å². The molecule has 1 fully saturated rings. The zero-order valence-corrected chi connectivity index (χ0v) is 22.4. The second-order valence-electron chi connectivity index (χ2n) is 10.1. The number of hydrogen-bond donors (Lipinski definition) is 3. The molecule has 9 nitrogen and oxygen atoms in total. The molecule has 0 spiro atoms. The maximum Gasteiger partial charge on any atom is 0.335 e. The van der Waals surface area contributed by atoms with Crippen molar-refractivity contribution in [2.75, 3.05) is 6.54 Å². The van der Waals surface area contributed by atoms with E-state index in [4.69, 9.17) is 9.94 Å². The lowest BCUT2D eigenvalue weighted by Crippen LogP contribution is -2.70. The first-order chi connectivity index (χ1) is 18.8. The normalized spacial score (nSPS) is 20.7. The van der Waals surface area contributed by atoms with Crippen LogP contribution in [0.1, 0.15) is 54.2 Å². The van der Waals surface area contributed by atoms with Gasteiger partial charge in [-0.2, -0.15) is 10.0 Å². The molecule has 1 aliphatic heterocycles. The molecule has 3 aromatic rings. The number of rotatable bonds is 8. The van der Waals surface area contributed by atoms with E-state index in [-0.39, 0.29) is 34.8 Å². The number of para-hydroxylation sites is 1. The third-order valence-corrected chi connectivity index (χ3v) is 7.46. The number of carbonyl (C=O) groups excluding carboxylic acids is 3. The summed E-state index contributed by atoms with van der Waals surface area (Å²) < 4.78 is 5.81. The molecule has 2 heterocycles. The maximum absolute atomic E-state index is 13.3. The number of ether oxygens (including phenoxy) is 1. The first-order valence-corrected chi connectivity index (χ1v) is 13.1. The van der Waals surface area contributed by atoms with Gasteiger partial charge in [0, 0.05) is 47.9 Å². The number of likely N-dealkylation sites (tertiary alicyclic amines) is 1. The zero-order valence-electron chi connectivity index (χ0n) is 22.4. The van der Waals surface area contributed by atoms with Crippen molar-refractivity contribution in [3.05, 3.63) is 84.1 Å². The van der Waals surface area contributed by atoms with Gasteiger partial charge in [-0.3, -0.25) is 19.8 Å². The van der Waals surface area contributed by atoms with Gasteiger partial charge in [0.25, 0.3) is 5.91 Å². The molecule has 2 aromatic carbocycles. The molecule has 0 saturated carbocycles. The number of pyridine rings is 1. The van der Waals surface area contributed by atoms with E-state index in [1.54, 1.807) is 35.8 Å². The van der Waals surface area contributed by atoms with E-state index in [1.165, 1.54) is 6.92 Å². The number of quaternary nitrogens is 1. The lowest BCUT2D eigenvalue weighted by atomic mass is 9.85. The van der Waals surface area contributed by atoms with Crippen molar-refractivity contribution in [2.45, 2.75) is 52.2 Å². The van der Waals surface area contributed by atoms with Crippen LogP contribution < -0.4 is 15.6 Å². The molecule has 0 radical (unpaired) electrons. The van der Waals surface area contributed by atoms with Crippen molar-refractivity contribution in [1.29, 1.82) is 0 Å². The standard InChI is InChI=1S/C30H34N4O5/c1-4-7-25-17-22(18-29(36)33-38)14-15-34(25,21(3)35)32-30(37)23-10-12-26(13-11-23)39-19-24-16-20(2)31-28-9-6-5-8-27(24)28/h4-6,8-13,16,22,25H,1,7,14-15,17-19H2,2-3H3,(H2-,32,33,36,37,38)/p+1. The highest BCUT2D eigenvalue weighted by atomic mass is 16.5. The van der Waals surface area contributed by atoms with Gasteiger partial charge in [-0.1, -0.05) is 24.3 Å². The summed E-state index contributed by atoms with van der Waals surface area (Å²) in [5.41, 5.74) is 7.92. The van der Waals surface area contributed by atoms with Gasteiger partial charge in [-0.15, -0.1) is 6.58 Å². The molecule has 1 aromatic heterocycles. The Bertz CT molecular complexity index is 1370. The van der Waals surface area contributed by atoms with Crippen molar-refractivity contribution >= 4 is 28.6 Å². The van der Waals surface area contributed by atoms with Gasteiger partial charge >= 0.3 is 5.91 Å².